The molecule has 2 aliphatic heterocycles. The maximum atomic E-state index is 12.9. The van der Waals surface area contributed by atoms with Crippen LogP contribution in [-0.4, -0.2) is 46.2 Å². The van der Waals surface area contributed by atoms with Gasteiger partial charge >= 0.3 is 0 Å². The van der Waals surface area contributed by atoms with Crippen LogP contribution < -0.4 is 5.32 Å². The molecule has 0 saturated carbocycles. The second kappa shape index (κ2) is 6.21. The standard InChI is InChI=1S/C20H22N4OS/c1-24-14-5-6-15(24)11-13(10-14)21-20(25)19-16-9-12(18-3-2-8-26-18)4-7-17(16)22-23-19/h2-4,7-9,13-15H,5-6,10-11H2,1H3,(H,21,25)(H,22,23). The molecule has 2 bridgehead atoms. The maximum absolute atomic E-state index is 12.9. The highest BCUT2D eigenvalue weighted by Crippen LogP contribution is 2.34. The quantitative estimate of drug-likeness (QED) is 0.744. The summed E-state index contributed by atoms with van der Waals surface area (Å²) in [5.41, 5.74) is 2.53. The molecule has 2 fully saturated rings. The van der Waals surface area contributed by atoms with E-state index in [9.17, 15) is 4.79 Å². The van der Waals surface area contributed by atoms with Crippen molar-refractivity contribution in [3.8, 4) is 10.4 Å². The van der Waals surface area contributed by atoms with Crippen LogP contribution in [0.25, 0.3) is 21.3 Å². The first-order chi connectivity index (χ1) is 12.7. The van der Waals surface area contributed by atoms with Gasteiger partial charge in [-0.25, -0.2) is 0 Å². The molecular formula is C20H22N4OS. The lowest BCUT2D eigenvalue weighted by atomic mass is 9.98. The molecule has 134 valence electrons. The van der Waals surface area contributed by atoms with E-state index in [-0.39, 0.29) is 11.9 Å². The number of piperidine rings is 1. The van der Waals surface area contributed by atoms with Gasteiger partial charge in [0.15, 0.2) is 5.69 Å². The normalized spacial score (nSPS) is 25.7. The number of aromatic nitrogens is 2. The first-order valence-corrected chi connectivity index (χ1v) is 10.1. The van der Waals surface area contributed by atoms with Crippen molar-refractivity contribution in [1.82, 2.24) is 20.4 Å². The van der Waals surface area contributed by atoms with Gasteiger partial charge in [-0.05, 0) is 61.9 Å². The number of H-pyrrole nitrogens is 1. The van der Waals surface area contributed by atoms with E-state index in [1.807, 2.05) is 12.1 Å². The number of fused-ring (bicyclic) bond motifs is 3. The van der Waals surface area contributed by atoms with Gasteiger partial charge in [0, 0.05) is 28.4 Å². The lowest BCUT2D eigenvalue weighted by molar-refractivity contribution is 0.0879. The van der Waals surface area contributed by atoms with Gasteiger partial charge in [-0.15, -0.1) is 11.3 Å². The molecule has 3 aromatic rings. The fourth-order valence-corrected chi connectivity index (χ4v) is 5.29. The van der Waals surface area contributed by atoms with Crippen molar-refractivity contribution in [2.75, 3.05) is 7.05 Å². The highest BCUT2D eigenvalue weighted by Gasteiger charge is 2.39. The third-order valence-corrected chi connectivity index (χ3v) is 6.94. The molecule has 2 unspecified atom stereocenters. The SMILES string of the molecule is CN1C2CCC1CC(NC(=O)c1n[nH]c3ccc(-c4cccs4)cc13)C2. The highest BCUT2D eigenvalue weighted by molar-refractivity contribution is 7.13. The largest absolute Gasteiger partial charge is 0.348 e. The molecule has 26 heavy (non-hydrogen) atoms. The van der Waals surface area contributed by atoms with Gasteiger partial charge in [0.2, 0.25) is 0 Å². The van der Waals surface area contributed by atoms with Crippen molar-refractivity contribution in [3.05, 3.63) is 41.4 Å². The van der Waals surface area contributed by atoms with E-state index in [2.05, 4.69) is 51.0 Å². The number of carbonyl (C=O) groups excluding carboxylic acids is 1. The van der Waals surface area contributed by atoms with E-state index in [0.717, 1.165) is 29.3 Å². The average molecular weight is 366 g/mol. The van der Waals surface area contributed by atoms with Crippen LogP contribution in [0.3, 0.4) is 0 Å². The number of nitrogens with one attached hydrogen (secondary N) is 2. The molecule has 6 heteroatoms. The number of nitrogens with zero attached hydrogens (tertiary/aromatic N) is 2. The van der Waals surface area contributed by atoms with E-state index in [0.29, 0.717) is 17.8 Å². The zero-order valence-electron chi connectivity index (χ0n) is 14.7. The number of hydrogen-bond donors (Lipinski definition) is 2. The molecule has 5 nitrogen and oxygen atoms in total. The van der Waals surface area contributed by atoms with Crippen LogP contribution >= 0.6 is 11.3 Å². The number of hydrogen-bond acceptors (Lipinski definition) is 4. The van der Waals surface area contributed by atoms with E-state index in [4.69, 9.17) is 0 Å². The van der Waals surface area contributed by atoms with Crippen LogP contribution in [0.15, 0.2) is 35.7 Å². The second-order valence-corrected chi connectivity index (χ2v) is 8.45. The summed E-state index contributed by atoms with van der Waals surface area (Å²) < 4.78 is 0. The molecular weight excluding hydrogens is 344 g/mol. The van der Waals surface area contributed by atoms with Crippen molar-refractivity contribution < 1.29 is 4.79 Å². The Bertz CT molecular complexity index is 934. The predicted octanol–water partition coefficient (Wildman–Crippen LogP) is 3.65. The van der Waals surface area contributed by atoms with E-state index in [1.54, 1.807) is 11.3 Å². The molecule has 2 N–H and O–H groups in total. The van der Waals surface area contributed by atoms with Gasteiger partial charge in [0.1, 0.15) is 0 Å². The topological polar surface area (TPSA) is 61.0 Å². The Morgan fingerprint density at radius 1 is 1.27 bits per heavy atom. The molecule has 0 spiro atoms. The number of amides is 1. The van der Waals surface area contributed by atoms with Crippen molar-refractivity contribution in [2.24, 2.45) is 0 Å². The van der Waals surface area contributed by atoms with Gasteiger partial charge in [0.25, 0.3) is 5.91 Å². The molecule has 2 aromatic heterocycles. The van der Waals surface area contributed by atoms with Crippen molar-refractivity contribution in [2.45, 2.75) is 43.8 Å². The number of thiophene rings is 1. The fourth-order valence-electron chi connectivity index (χ4n) is 4.57. The highest BCUT2D eigenvalue weighted by atomic mass is 32.1. The molecule has 0 radical (unpaired) electrons. The molecule has 4 heterocycles. The Balaban J connectivity index is 1.40. The summed E-state index contributed by atoms with van der Waals surface area (Å²) in [6.07, 6.45) is 4.59. The summed E-state index contributed by atoms with van der Waals surface area (Å²) >= 11 is 1.70. The van der Waals surface area contributed by atoms with Crippen LogP contribution in [-0.2, 0) is 0 Å². The Kier molecular flexibility index (Phi) is 3.83. The van der Waals surface area contributed by atoms with Gasteiger partial charge < -0.3 is 10.2 Å². The van der Waals surface area contributed by atoms with Gasteiger partial charge in [-0.3, -0.25) is 9.89 Å². The predicted molar refractivity (Wildman–Crippen MR) is 104 cm³/mol. The molecule has 1 amide bonds. The second-order valence-electron chi connectivity index (χ2n) is 7.50. The number of aromatic amines is 1. The van der Waals surface area contributed by atoms with Crippen molar-refractivity contribution in [1.29, 1.82) is 0 Å². The van der Waals surface area contributed by atoms with E-state index < -0.39 is 0 Å². The van der Waals surface area contributed by atoms with Gasteiger partial charge in [-0.2, -0.15) is 5.10 Å². The number of carbonyl (C=O) groups is 1. The minimum Gasteiger partial charge on any atom is -0.348 e. The molecule has 5 rings (SSSR count). The van der Waals surface area contributed by atoms with Crippen LogP contribution in [0.4, 0.5) is 0 Å². The zero-order chi connectivity index (χ0) is 17.7. The summed E-state index contributed by atoms with van der Waals surface area (Å²) in [6, 6.07) is 11.8. The summed E-state index contributed by atoms with van der Waals surface area (Å²) in [6.45, 7) is 0. The van der Waals surface area contributed by atoms with Crippen LogP contribution in [0.1, 0.15) is 36.2 Å². The summed E-state index contributed by atoms with van der Waals surface area (Å²) in [5, 5.41) is 13.5. The third-order valence-electron chi connectivity index (χ3n) is 6.02. The molecule has 2 saturated heterocycles. The zero-order valence-corrected chi connectivity index (χ0v) is 15.6. The van der Waals surface area contributed by atoms with Gasteiger partial charge in [-0.1, -0.05) is 12.1 Å². The summed E-state index contributed by atoms with van der Waals surface area (Å²) in [5.74, 6) is -0.0615. The monoisotopic (exact) mass is 366 g/mol. The fraction of sp³-hybridized carbons (Fsp3) is 0.400. The van der Waals surface area contributed by atoms with Crippen LogP contribution in [0.5, 0.6) is 0 Å². The lowest BCUT2D eigenvalue weighted by Crippen LogP contribution is -2.48. The van der Waals surface area contributed by atoms with E-state index >= 15 is 0 Å². The minimum atomic E-state index is -0.0615. The Morgan fingerprint density at radius 3 is 2.81 bits per heavy atom. The Morgan fingerprint density at radius 2 is 2.08 bits per heavy atom. The third kappa shape index (κ3) is 2.64. The summed E-state index contributed by atoms with van der Waals surface area (Å²) in [7, 11) is 2.22. The first-order valence-electron chi connectivity index (χ1n) is 9.24. The molecule has 2 atom stereocenters. The van der Waals surface area contributed by atoms with Crippen LogP contribution in [0, 0.1) is 0 Å². The Labute approximate surface area is 156 Å². The molecule has 2 aliphatic rings. The minimum absolute atomic E-state index is 0.0615. The first kappa shape index (κ1) is 16.0. The maximum Gasteiger partial charge on any atom is 0.272 e. The number of rotatable bonds is 3. The smallest absolute Gasteiger partial charge is 0.272 e. The van der Waals surface area contributed by atoms with Crippen molar-refractivity contribution >= 4 is 28.1 Å². The molecule has 1 aromatic carbocycles. The molecule has 0 aliphatic carbocycles. The lowest BCUT2D eigenvalue weighted by Gasteiger charge is -2.36. The number of benzene rings is 1. The van der Waals surface area contributed by atoms with Crippen LogP contribution in [0.2, 0.25) is 0 Å². The average Bonchev–Trinajstić information content (AvgIpc) is 3.34. The summed E-state index contributed by atoms with van der Waals surface area (Å²) in [4.78, 5) is 16.6. The van der Waals surface area contributed by atoms with Crippen molar-refractivity contribution in [3.63, 3.8) is 0 Å². The Hall–Kier alpha value is -2.18. The van der Waals surface area contributed by atoms with E-state index in [1.165, 1.54) is 17.7 Å². The van der Waals surface area contributed by atoms with Gasteiger partial charge in [0.05, 0.1) is 5.52 Å².